The third-order valence-corrected chi connectivity index (χ3v) is 5.84. The van der Waals surface area contributed by atoms with Crippen molar-refractivity contribution in [3.63, 3.8) is 0 Å². The highest BCUT2D eigenvalue weighted by Crippen LogP contribution is 2.16. The second-order valence-corrected chi connectivity index (χ2v) is 8.29. The topological polar surface area (TPSA) is 58.1 Å². The van der Waals surface area contributed by atoms with Gasteiger partial charge in [-0.05, 0) is 57.0 Å². The van der Waals surface area contributed by atoms with E-state index in [0.29, 0.717) is 19.2 Å². The van der Waals surface area contributed by atoms with Crippen LogP contribution >= 0.6 is 0 Å². The molecule has 2 aromatic carbocycles. The monoisotopic (exact) mass is 438 g/mol. The summed E-state index contributed by atoms with van der Waals surface area (Å²) in [7, 11) is 2.18. The normalized spacial score (nSPS) is 16.1. The third-order valence-electron chi connectivity index (χ3n) is 5.84. The molecule has 2 aromatic rings. The van der Waals surface area contributed by atoms with Crippen LogP contribution in [0.4, 0.5) is 0 Å². The van der Waals surface area contributed by atoms with E-state index in [0.717, 1.165) is 56.4 Å². The first kappa shape index (κ1) is 24.1. The van der Waals surface area contributed by atoms with Gasteiger partial charge in [0.25, 0.3) is 0 Å². The van der Waals surface area contributed by atoms with Crippen LogP contribution < -0.4 is 15.4 Å². The molecule has 0 amide bonds. The van der Waals surface area contributed by atoms with Crippen molar-refractivity contribution in [1.82, 2.24) is 15.5 Å². The molecule has 32 heavy (non-hydrogen) atoms. The molecule has 3 rings (SSSR count). The zero-order valence-electron chi connectivity index (χ0n) is 19.7. The summed E-state index contributed by atoms with van der Waals surface area (Å²) in [6.07, 6.45) is 2.21. The van der Waals surface area contributed by atoms with E-state index in [1.807, 2.05) is 18.2 Å². The van der Waals surface area contributed by atoms with E-state index in [4.69, 9.17) is 14.5 Å². The molecule has 1 atom stereocenters. The summed E-state index contributed by atoms with van der Waals surface area (Å²) >= 11 is 0. The fourth-order valence-electron chi connectivity index (χ4n) is 3.87. The van der Waals surface area contributed by atoms with Crippen molar-refractivity contribution in [3.05, 3.63) is 65.7 Å². The Bertz CT molecular complexity index is 822. The summed E-state index contributed by atoms with van der Waals surface area (Å²) in [4.78, 5) is 7.17. The van der Waals surface area contributed by atoms with Crippen LogP contribution in [-0.4, -0.2) is 56.9 Å². The van der Waals surface area contributed by atoms with E-state index in [9.17, 15) is 0 Å². The molecule has 1 aliphatic rings. The lowest BCUT2D eigenvalue weighted by molar-refractivity contribution is 0.0392. The highest BCUT2D eigenvalue weighted by atomic mass is 16.5. The SMILES string of the molecule is CCNC(=NCc1cccc(OCCN(C)C2CCOCC2)c1)NC(C)c1ccccc1. The molecular formula is C26H38N4O2. The Hall–Kier alpha value is -2.57. The number of ether oxygens (including phenoxy) is 2. The molecule has 0 aromatic heterocycles. The van der Waals surface area contributed by atoms with Gasteiger partial charge in [-0.1, -0.05) is 42.5 Å². The number of benzene rings is 2. The first-order chi connectivity index (χ1) is 15.7. The summed E-state index contributed by atoms with van der Waals surface area (Å²) in [5, 5.41) is 6.83. The van der Waals surface area contributed by atoms with Gasteiger partial charge in [0, 0.05) is 32.3 Å². The number of guanidine groups is 1. The largest absolute Gasteiger partial charge is 0.492 e. The maximum absolute atomic E-state index is 6.03. The van der Waals surface area contributed by atoms with Crippen LogP contribution in [0.15, 0.2) is 59.6 Å². The molecular weight excluding hydrogens is 400 g/mol. The fraction of sp³-hybridized carbons (Fsp3) is 0.500. The number of hydrogen-bond acceptors (Lipinski definition) is 4. The van der Waals surface area contributed by atoms with E-state index in [1.54, 1.807) is 0 Å². The Morgan fingerprint density at radius 3 is 2.69 bits per heavy atom. The first-order valence-corrected chi connectivity index (χ1v) is 11.7. The summed E-state index contributed by atoms with van der Waals surface area (Å²) < 4.78 is 11.5. The molecule has 1 saturated heterocycles. The van der Waals surface area contributed by atoms with Crippen molar-refractivity contribution in [2.75, 3.05) is 40.0 Å². The minimum atomic E-state index is 0.177. The summed E-state index contributed by atoms with van der Waals surface area (Å²) in [6, 6.07) is 19.4. The van der Waals surface area contributed by atoms with Crippen LogP contribution in [0.5, 0.6) is 5.75 Å². The van der Waals surface area contributed by atoms with Crippen LogP contribution in [0.3, 0.4) is 0 Å². The molecule has 2 N–H and O–H groups in total. The molecule has 0 saturated carbocycles. The van der Waals surface area contributed by atoms with Crippen LogP contribution in [0.25, 0.3) is 0 Å². The predicted molar refractivity (Wildman–Crippen MR) is 131 cm³/mol. The number of rotatable bonds is 10. The van der Waals surface area contributed by atoms with Crippen LogP contribution in [0, 0.1) is 0 Å². The lowest BCUT2D eigenvalue weighted by Gasteiger charge is -2.31. The molecule has 6 nitrogen and oxygen atoms in total. The van der Waals surface area contributed by atoms with Gasteiger partial charge in [-0.15, -0.1) is 0 Å². The summed E-state index contributed by atoms with van der Waals surface area (Å²) in [5.74, 6) is 1.71. The van der Waals surface area contributed by atoms with E-state index < -0.39 is 0 Å². The minimum Gasteiger partial charge on any atom is -0.492 e. The van der Waals surface area contributed by atoms with Crippen molar-refractivity contribution in [2.24, 2.45) is 4.99 Å². The number of aliphatic imine (C=N–C) groups is 1. The van der Waals surface area contributed by atoms with E-state index in [2.05, 4.69) is 72.8 Å². The fourth-order valence-corrected chi connectivity index (χ4v) is 3.87. The lowest BCUT2D eigenvalue weighted by Crippen LogP contribution is -2.38. The average Bonchev–Trinajstić information content (AvgIpc) is 2.84. The second-order valence-electron chi connectivity index (χ2n) is 8.29. The molecule has 1 heterocycles. The van der Waals surface area contributed by atoms with E-state index in [1.165, 1.54) is 5.56 Å². The van der Waals surface area contributed by atoms with Gasteiger partial charge in [-0.3, -0.25) is 4.90 Å². The molecule has 0 bridgehead atoms. The summed E-state index contributed by atoms with van der Waals surface area (Å²) in [5.41, 5.74) is 2.36. The zero-order valence-corrected chi connectivity index (χ0v) is 19.7. The van der Waals surface area contributed by atoms with Gasteiger partial charge in [0.05, 0.1) is 12.6 Å². The lowest BCUT2D eigenvalue weighted by atomic mass is 10.1. The Labute approximate surface area is 193 Å². The van der Waals surface area contributed by atoms with E-state index in [-0.39, 0.29) is 6.04 Å². The van der Waals surface area contributed by atoms with Gasteiger partial charge in [0.15, 0.2) is 5.96 Å². The van der Waals surface area contributed by atoms with Crippen molar-refractivity contribution < 1.29 is 9.47 Å². The van der Waals surface area contributed by atoms with E-state index >= 15 is 0 Å². The number of nitrogens with one attached hydrogen (secondary N) is 2. The molecule has 1 fully saturated rings. The van der Waals surface area contributed by atoms with Gasteiger partial charge in [-0.25, -0.2) is 4.99 Å². The van der Waals surface area contributed by atoms with Crippen molar-refractivity contribution in [1.29, 1.82) is 0 Å². The van der Waals surface area contributed by atoms with Crippen molar-refractivity contribution >= 4 is 5.96 Å². The van der Waals surface area contributed by atoms with Gasteiger partial charge in [0.1, 0.15) is 12.4 Å². The minimum absolute atomic E-state index is 0.177. The number of likely N-dealkylation sites (N-methyl/N-ethyl adjacent to an activating group) is 1. The molecule has 0 aliphatic carbocycles. The molecule has 1 aliphatic heterocycles. The summed E-state index contributed by atoms with van der Waals surface area (Å²) in [6.45, 7) is 8.97. The maximum Gasteiger partial charge on any atom is 0.192 e. The van der Waals surface area contributed by atoms with Gasteiger partial charge in [-0.2, -0.15) is 0 Å². The molecule has 1 unspecified atom stereocenters. The van der Waals surface area contributed by atoms with Crippen LogP contribution in [0.2, 0.25) is 0 Å². The number of hydrogen-bond donors (Lipinski definition) is 2. The van der Waals surface area contributed by atoms with Crippen molar-refractivity contribution in [3.8, 4) is 5.75 Å². The second kappa shape index (κ2) is 13.1. The quantitative estimate of drug-likeness (QED) is 0.434. The number of nitrogens with zero attached hydrogens (tertiary/aromatic N) is 2. The van der Waals surface area contributed by atoms with Crippen LogP contribution in [-0.2, 0) is 11.3 Å². The molecule has 0 radical (unpaired) electrons. The predicted octanol–water partition coefficient (Wildman–Crippen LogP) is 3.99. The smallest absolute Gasteiger partial charge is 0.192 e. The van der Waals surface area contributed by atoms with Gasteiger partial charge >= 0.3 is 0 Å². The van der Waals surface area contributed by atoms with Crippen LogP contribution in [0.1, 0.15) is 43.9 Å². The Kier molecular flexibility index (Phi) is 9.85. The first-order valence-electron chi connectivity index (χ1n) is 11.7. The molecule has 0 spiro atoms. The Morgan fingerprint density at radius 2 is 1.94 bits per heavy atom. The average molecular weight is 439 g/mol. The maximum atomic E-state index is 6.03. The highest BCUT2D eigenvalue weighted by Gasteiger charge is 2.18. The van der Waals surface area contributed by atoms with Gasteiger partial charge < -0.3 is 20.1 Å². The standard InChI is InChI=1S/C26H38N4O2/c1-4-27-26(29-21(2)23-10-6-5-7-11-23)28-20-22-9-8-12-25(19-22)32-18-15-30(3)24-13-16-31-17-14-24/h5-12,19,21,24H,4,13-18,20H2,1-3H3,(H2,27,28,29). The highest BCUT2D eigenvalue weighted by molar-refractivity contribution is 5.80. The van der Waals surface area contributed by atoms with Crippen molar-refractivity contribution in [2.45, 2.75) is 45.3 Å². The van der Waals surface area contributed by atoms with Gasteiger partial charge in [0.2, 0.25) is 0 Å². The molecule has 174 valence electrons. The Morgan fingerprint density at radius 1 is 1.16 bits per heavy atom. The molecule has 6 heteroatoms. The zero-order chi connectivity index (χ0) is 22.6. The Balaban J connectivity index is 1.51. The third kappa shape index (κ3) is 7.84.